The highest BCUT2D eigenvalue weighted by Gasteiger charge is 2.15. The minimum Gasteiger partial charge on any atom is -0.496 e. The first kappa shape index (κ1) is 18.9. The zero-order valence-corrected chi connectivity index (χ0v) is 16.2. The summed E-state index contributed by atoms with van der Waals surface area (Å²) >= 11 is 1.58. The number of thiazole rings is 1. The first-order valence-electron chi connectivity index (χ1n) is 8.71. The lowest BCUT2D eigenvalue weighted by molar-refractivity contribution is -0.137. The quantitative estimate of drug-likeness (QED) is 0.329. The lowest BCUT2D eigenvalue weighted by atomic mass is 10.0. The summed E-state index contributed by atoms with van der Waals surface area (Å²) in [5.74, 6) is 0.309. The molecule has 2 aromatic carbocycles. The van der Waals surface area contributed by atoms with Crippen LogP contribution in [0.25, 0.3) is 11.6 Å². The van der Waals surface area contributed by atoms with Crippen LogP contribution in [0.1, 0.15) is 28.8 Å². The molecular formula is C22H21NO3S. The molecule has 0 fully saturated rings. The van der Waals surface area contributed by atoms with Crippen molar-refractivity contribution < 1.29 is 14.3 Å². The molecule has 0 bridgehead atoms. The van der Waals surface area contributed by atoms with Gasteiger partial charge in [0.05, 0.1) is 23.4 Å². The molecular weight excluding hydrogens is 358 g/mol. The Morgan fingerprint density at radius 1 is 1.11 bits per heavy atom. The van der Waals surface area contributed by atoms with Crippen LogP contribution in [0, 0.1) is 0 Å². The first-order valence-corrected chi connectivity index (χ1v) is 9.59. The summed E-state index contributed by atoms with van der Waals surface area (Å²) in [5.41, 5.74) is 2.86. The molecule has 0 radical (unpaired) electrons. The normalized spacial score (nSPS) is 11.3. The van der Waals surface area contributed by atoms with Crippen LogP contribution in [-0.4, -0.2) is 18.1 Å². The van der Waals surface area contributed by atoms with Crippen molar-refractivity contribution >= 4 is 29.0 Å². The summed E-state index contributed by atoms with van der Waals surface area (Å²) in [4.78, 5) is 17.3. The van der Waals surface area contributed by atoms with Crippen LogP contribution in [0.2, 0.25) is 0 Å². The molecule has 0 aliphatic heterocycles. The van der Waals surface area contributed by atoms with E-state index < -0.39 is 5.97 Å². The number of aryl methyl sites for hydroxylation is 1. The molecule has 3 aromatic rings. The third-order valence-corrected chi connectivity index (χ3v) is 5.04. The summed E-state index contributed by atoms with van der Waals surface area (Å²) in [5, 5.41) is 2.96. The largest absolute Gasteiger partial charge is 0.496 e. The third-order valence-electron chi connectivity index (χ3n) is 4.00. The Morgan fingerprint density at radius 2 is 1.85 bits per heavy atom. The predicted octanol–water partition coefficient (Wildman–Crippen LogP) is 5.00. The van der Waals surface area contributed by atoms with E-state index in [9.17, 15) is 4.79 Å². The lowest BCUT2D eigenvalue weighted by Gasteiger charge is -2.10. The van der Waals surface area contributed by atoms with Crippen molar-refractivity contribution in [1.29, 1.82) is 0 Å². The number of methoxy groups -OCH3 is 1. The van der Waals surface area contributed by atoms with E-state index in [0.29, 0.717) is 11.3 Å². The van der Waals surface area contributed by atoms with E-state index in [1.165, 1.54) is 0 Å². The molecule has 0 spiro atoms. The molecule has 0 amide bonds. The van der Waals surface area contributed by atoms with E-state index >= 15 is 0 Å². The third kappa shape index (κ3) is 4.83. The van der Waals surface area contributed by atoms with Gasteiger partial charge >= 0.3 is 5.97 Å². The van der Waals surface area contributed by atoms with Crippen LogP contribution in [0.3, 0.4) is 0 Å². The van der Waals surface area contributed by atoms with Crippen molar-refractivity contribution in [2.24, 2.45) is 0 Å². The molecule has 0 saturated carbocycles. The van der Waals surface area contributed by atoms with Gasteiger partial charge in [0, 0.05) is 10.9 Å². The summed E-state index contributed by atoms with van der Waals surface area (Å²) in [6.45, 7) is 2.21. The van der Waals surface area contributed by atoms with Crippen LogP contribution in [0.5, 0.6) is 5.75 Å². The maximum Gasteiger partial charge on any atom is 0.339 e. The van der Waals surface area contributed by atoms with E-state index in [-0.39, 0.29) is 6.61 Å². The van der Waals surface area contributed by atoms with Crippen molar-refractivity contribution in [2.45, 2.75) is 20.0 Å². The number of carbonyl (C=O) groups excluding carboxylic acids is 1. The van der Waals surface area contributed by atoms with Crippen LogP contribution >= 0.6 is 11.3 Å². The fraction of sp³-hybridized carbons (Fsp3) is 0.182. The Balaban J connectivity index is 1.87. The maximum absolute atomic E-state index is 12.8. The molecule has 4 nitrogen and oxygen atoms in total. The van der Waals surface area contributed by atoms with Gasteiger partial charge in [-0.2, -0.15) is 0 Å². The van der Waals surface area contributed by atoms with Gasteiger partial charge in [-0.3, -0.25) is 0 Å². The van der Waals surface area contributed by atoms with Gasteiger partial charge in [-0.15, -0.1) is 11.3 Å². The predicted molar refractivity (Wildman–Crippen MR) is 109 cm³/mol. The van der Waals surface area contributed by atoms with Crippen LogP contribution in [-0.2, 0) is 22.6 Å². The van der Waals surface area contributed by atoms with Crippen molar-refractivity contribution in [1.82, 2.24) is 4.98 Å². The van der Waals surface area contributed by atoms with Crippen LogP contribution in [0.4, 0.5) is 0 Å². The highest BCUT2D eigenvalue weighted by molar-refractivity contribution is 7.09. The first-order chi connectivity index (χ1) is 13.2. The average molecular weight is 379 g/mol. The van der Waals surface area contributed by atoms with Gasteiger partial charge in [-0.25, -0.2) is 9.78 Å². The van der Waals surface area contributed by atoms with Crippen LogP contribution < -0.4 is 4.74 Å². The van der Waals surface area contributed by atoms with Gasteiger partial charge in [-0.1, -0.05) is 55.5 Å². The second kappa shape index (κ2) is 9.14. The number of hydrogen-bond acceptors (Lipinski definition) is 5. The zero-order valence-electron chi connectivity index (χ0n) is 15.3. The second-order valence-electron chi connectivity index (χ2n) is 5.83. The molecule has 5 heteroatoms. The van der Waals surface area contributed by atoms with Crippen molar-refractivity contribution in [3.63, 3.8) is 0 Å². The molecule has 0 aliphatic carbocycles. The van der Waals surface area contributed by atoms with Crippen LogP contribution in [0.15, 0.2) is 60.0 Å². The molecule has 1 aromatic heterocycles. The Labute approximate surface area is 163 Å². The van der Waals surface area contributed by atoms with Crippen molar-refractivity contribution in [2.75, 3.05) is 7.11 Å². The lowest BCUT2D eigenvalue weighted by Crippen LogP contribution is -2.08. The monoisotopic (exact) mass is 379 g/mol. The number of aromatic nitrogens is 1. The molecule has 0 atom stereocenters. The van der Waals surface area contributed by atoms with Gasteiger partial charge in [0.1, 0.15) is 12.4 Å². The number of ether oxygens (including phenoxy) is 2. The molecule has 27 heavy (non-hydrogen) atoms. The summed E-state index contributed by atoms with van der Waals surface area (Å²) in [7, 11) is 1.61. The number of nitrogens with zero attached hydrogens (tertiary/aromatic N) is 1. The van der Waals surface area contributed by atoms with Gasteiger partial charge in [0.2, 0.25) is 0 Å². The molecule has 0 aliphatic rings. The van der Waals surface area contributed by atoms with E-state index in [4.69, 9.17) is 9.47 Å². The number of rotatable bonds is 7. The fourth-order valence-corrected chi connectivity index (χ4v) is 3.34. The molecule has 3 rings (SSSR count). The fourth-order valence-electron chi connectivity index (χ4n) is 2.61. The van der Waals surface area contributed by atoms with Gasteiger partial charge < -0.3 is 9.47 Å². The number of para-hydroxylation sites is 1. The number of benzene rings is 2. The Hall–Kier alpha value is -2.92. The zero-order chi connectivity index (χ0) is 19.1. The van der Waals surface area contributed by atoms with E-state index in [1.807, 2.05) is 60.0 Å². The maximum atomic E-state index is 12.8. The SMILES string of the molecule is CCc1nc(COC(=O)/C(=C/c2ccccc2OC)c2ccccc2)cs1. The number of hydrogen-bond donors (Lipinski definition) is 0. The summed E-state index contributed by atoms with van der Waals surface area (Å²) < 4.78 is 10.9. The summed E-state index contributed by atoms with van der Waals surface area (Å²) in [6, 6.07) is 17.1. The van der Waals surface area contributed by atoms with Gasteiger partial charge in [-0.05, 0) is 24.1 Å². The number of esters is 1. The second-order valence-corrected chi connectivity index (χ2v) is 6.77. The van der Waals surface area contributed by atoms with E-state index in [1.54, 1.807) is 24.5 Å². The minimum atomic E-state index is -0.391. The van der Waals surface area contributed by atoms with Gasteiger partial charge in [0.15, 0.2) is 0 Å². The van der Waals surface area contributed by atoms with E-state index in [2.05, 4.69) is 11.9 Å². The topological polar surface area (TPSA) is 48.4 Å². The Kier molecular flexibility index (Phi) is 6.39. The molecule has 0 N–H and O–H groups in total. The summed E-state index contributed by atoms with van der Waals surface area (Å²) in [6.07, 6.45) is 2.68. The average Bonchev–Trinajstić information content (AvgIpc) is 3.19. The van der Waals surface area contributed by atoms with Gasteiger partial charge in [0.25, 0.3) is 0 Å². The van der Waals surface area contributed by atoms with Crippen molar-refractivity contribution in [3.8, 4) is 5.75 Å². The number of carbonyl (C=O) groups is 1. The molecule has 1 heterocycles. The highest BCUT2D eigenvalue weighted by Crippen LogP contribution is 2.26. The smallest absolute Gasteiger partial charge is 0.339 e. The Morgan fingerprint density at radius 3 is 2.56 bits per heavy atom. The van der Waals surface area contributed by atoms with Crippen molar-refractivity contribution in [3.05, 3.63) is 81.8 Å². The molecule has 0 saturated heterocycles. The molecule has 0 unspecified atom stereocenters. The Bertz CT molecular complexity index is 931. The van der Waals surface area contributed by atoms with E-state index in [0.717, 1.165) is 28.2 Å². The molecule has 138 valence electrons. The standard InChI is InChI=1S/C22H21NO3S/c1-3-21-23-18(15-27-21)14-26-22(24)19(16-9-5-4-6-10-16)13-17-11-7-8-12-20(17)25-2/h4-13,15H,3,14H2,1-2H3/b19-13+. The highest BCUT2D eigenvalue weighted by atomic mass is 32.1. The minimum absolute atomic E-state index is 0.158.